The van der Waals surface area contributed by atoms with Gasteiger partial charge in [0, 0.05) is 12.5 Å². The number of aromatic nitrogens is 1. The third-order valence-corrected chi connectivity index (χ3v) is 4.85. The second kappa shape index (κ2) is 6.02. The lowest BCUT2D eigenvalue weighted by Crippen LogP contribution is -2.38. The lowest BCUT2D eigenvalue weighted by Gasteiger charge is -2.14. The molecule has 1 aliphatic heterocycles. The van der Waals surface area contributed by atoms with Crippen molar-refractivity contribution in [1.82, 2.24) is 9.88 Å². The number of carbonyl (C=O) groups excluding carboxylic acids is 2. The number of carbonyl (C=O) groups is 2. The summed E-state index contributed by atoms with van der Waals surface area (Å²) in [6.07, 6.45) is 4.16. The smallest absolute Gasteiger partial charge is 0.247 e. The minimum atomic E-state index is -3.31. The third kappa shape index (κ3) is 3.94. The first-order chi connectivity index (χ1) is 9.78. The Kier molecular flexibility index (Phi) is 4.52. The molecule has 1 N–H and O–H groups in total. The first-order valence-electron chi connectivity index (χ1n) is 6.07. The summed E-state index contributed by atoms with van der Waals surface area (Å²) in [5.41, 5.74) is 1.37. The van der Waals surface area contributed by atoms with Crippen molar-refractivity contribution in [3.8, 4) is 0 Å². The number of anilines is 1. The second-order valence-corrected chi connectivity index (χ2v) is 7.96. The average molecular weight is 329 g/mol. The van der Waals surface area contributed by atoms with Crippen molar-refractivity contribution in [3.63, 3.8) is 0 Å². The van der Waals surface area contributed by atoms with Gasteiger partial charge in [-0.1, -0.05) is 0 Å². The number of aryl methyl sites for hydroxylation is 1. The first kappa shape index (κ1) is 15.8. The zero-order valence-electron chi connectivity index (χ0n) is 11.6. The normalized spacial score (nSPS) is 18.9. The highest BCUT2D eigenvalue weighted by Gasteiger charge is 2.38. The summed E-state index contributed by atoms with van der Waals surface area (Å²) in [5, 5.41) is 1.72. The summed E-state index contributed by atoms with van der Waals surface area (Å²) in [7, 11) is -3.31. The molecule has 0 spiro atoms. The molecule has 2 amide bonds. The molecule has 1 atom stereocenters. The first-order valence-corrected chi connectivity index (χ1v) is 9.18. The molecule has 2 heterocycles. The number of thioether (sulfide) groups is 1. The van der Waals surface area contributed by atoms with E-state index in [2.05, 4.69) is 10.3 Å². The van der Waals surface area contributed by atoms with Gasteiger partial charge in [0.1, 0.15) is 5.88 Å². The molecule has 9 heteroatoms. The zero-order chi connectivity index (χ0) is 15.6. The maximum absolute atomic E-state index is 12.1. The fourth-order valence-corrected chi connectivity index (χ4v) is 3.78. The Morgan fingerprint density at radius 3 is 2.90 bits per heavy atom. The molecule has 114 valence electrons. The minimum Gasteiger partial charge on any atom is -0.323 e. The molecule has 2 rings (SSSR count). The number of nitrogens with one attached hydrogen (secondary N) is 1. The van der Waals surface area contributed by atoms with Crippen LogP contribution in [0, 0.1) is 6.92 Å². The van der Waals surface area contributed by atoms with Gasteiger partial charge < -0.3 is 10.2 Å². The van der Waals surface area contributed by atoms with Gasteiger partial charge >= 0.3 is 0 Å². The molecule has 1 aromatic rings. The van der Waals surface area contributed by atoms with Crippen LogP contribution in [-0.2, 0) is 19.4 Å². The van der Waals surface area contributed by atoms with Gasteiger partial charge in [0.15, 0.2) is 15.1 Å². The van der Waals surface area contributed by atoms with Crippen molar-refractivity contribution in [2.24, 2.45) is 0 Å². The Morgan fingerprint density at radius 2 is 2.29 bits per heavy atom. The lowest BCUT2D eigenvalue weighted by atomic mass is 10.2. The summed E-state index contributed by atoms with van der Waals surface area (Å²) in [6.45, 7) is 1.82. The van der Waals surface area contributed by atoms with Crippen LogP contribution in [-0.4, -0.2) is 53.4 Å². The maximum atomic E-state index is 12.1. The van der Waals surface area contributed by atoms with E-state index in [4.69, 9.17) is 0 Å². The van der Waals surface area contributed by atoms with E-state index in [1.165, 1.54) is 11.1 Å². The number of rotatable bonds is 4. The van der Waals surface area contributed by atoms with Crippen molar-refractivity contribution in [1.29, 1.82) is 0 Å². The molecule has 1 aliphatic rings. The number of nitrogens with zero attached hydrogens (tertiary/aromatic N) is 2. The van der Waals surface area contributed by atoms with Crippen LogP contribution in [0.1, 0.15) is 5.56 Å². The van der Waals surface area contributed by atoms with E-state index in [1.807, 2.05) is 6.92 Å². The van der Waals surface area contributed by atoms with Crippen LogP contribution in [0.3, 0.4) is 0 Å². The van der Waals surface area contributed by atoms with Gasteiger partial charge in [0.25, 0.3) is 0 Å². The topological polar surface area (TPSA) is 96.4 Å². The van der Waals surface area contributed by atoms with Crippen molar-refractivity contribution in [3.05, 3.63) is 24.0 Å². The third-order valence-electron chi connectivity index (χ3n) is 2.86. The van der Waals surface area contributed by atoms with Gasteiger partial charge in [-0.3, -0.25) is 14.6 Å². The Morgan fingerprint density at radius 1 is 1.57 bits per heavy atom. The summed E-state index contributed by atoms with van der Waals surface area (Å²) in [6, 6.07) is 1.75. The maximum Gasteiger partial charge on any atom is 0.247 e. The van der Waals surface area contributed by atoms with Crippen LogP contribution >= 0.6 is 11.8 Å². The standard InChI is InChI=1S/C12H15N3O4S2/c1-8-3-4-13-5-9(8)14-11(16)10-12(17)15(6-20-10)7-21(2,18)19/h3-5,10H,6-7H2,1-2H3,(H,14,16). The second-order valence-electron chi connectivity index (χ2n) is 4.79. The number of pyridine rings is 1. The van der Waals surface area contributed by atoms with Crippen molar-refractivity contribution in [2.45, 2.75) is 12.2 Å². The van der Waals surface area contributed by atoms with Crippen LogP contribution < -0.4 is 5.32 Å². The predicted molar refractivity (Wildman–Crippen MR) is 80.4 cm³/mol. The van der Waals surface area contributed by atoms with Crippen LogP contribution in [0.5, 0.6) is 0 Å². The molecule has 1 aromatic heterocycles. The van der Waals surface area contributed by atoms with Gasteiger partial charge in [-0.2, -0.15) is 0 Å². The number of sulfone groups is 1. The Hall–Kier alpha value is -1.61. The summed E-state index contributed by atoms with van der Waals surface area (Å²) in [4.78, 5) is 29.3. The van der Waals surface area contributed by atoms with Gasteiger partial charge in [0.2, 0.25) is 11.8 Å². The molecule has 7 nitrogen and oxygen atoms in total. The molecule has 0 radical (unpaired) electrons. The number of hydrogen-bond donors (Lipinski definition) is 1. The monoisotopic (exact) mass is 329 g/mol. The zero-order valence-corrected chi connectivity index (χ0v) is 13.2. The highest BCUT2D eigenvalue weighted by Crippen LogP contribution is 2.26. The number of amides is 2. The number of hydrogen-bond acceptors (Lipinski definition) is 6. The van der Waals surface area contributed by atoms with Crippen LogP contribution in [0.4, 0.5) is 5.69 Å². The van der Waals surface area contributed by atoms with Crippen molar-refractivity contribution < 1.29 is 18.0 Å². The molecule has 0 aromatic carbocycles. The Balaban J connectivity index is 2.05. The van der Waals surface area contributed by atoms with Crippen LogP contribution in [0.2, 0.25) is 0 Å². The molecular formula is C12H15N3O4S2. The van der Waals surface area contributed by atoms with Crippen molar-refractivity contribution >= 4 is 39.1 Å². The molecule has 1 unspecified atom stereocenters. The van der Waals surface area contributed by atoms with E-state index in [0.29, 0.717) is 5.69 Å². The highest BCUT2D eigenvalue weighted by molar-refractivity contribution is 8.01. The van der Waals surface area contributed by atoms with Gasteiger partial charge in [-0.15, -0.1) is 11.8 Å². The van der Waals surface area contributed by atoms with E-state index in [0.717, 1.165) is 23.6 Å². The van der Waals surface area contributed by atoms with E-state index in [1.54, 1.807) is 12.3 Å². The Labute approximate surface area is 127 Å². The summed E-state index contributed by atoms with van der Waals surface area (Å²) < 4.78 is 22.5. The van der Waals surface area contributed by atoms with E-state index < -0.39 is 26.9 Å². The van der Waals surface area contributed by atoms with E-state index in [-0.39, 0.29) is 11.8 Å². The average Bonchev–Trinajstić information content (AvgIpc) is 2.72. The summed E-state index contributed by atoms with van der Waals surface area (Å²) >= 11 is 1.11. The van der Waals surface area contributed by atoms with E-state index >= 15 is 0 Å². The molecule has 0 bridgehead atoms. The summed E-state index contributed by atoms with van der Waals surface area (Å²) in [5.74, 6) is -1.12. The molecular weight excluding hydrogens is 314 g/mol. The quantitative estimate of drug-likeness (QED) is 0.795. The SMILES string of the molecule is Cc1ccncc1NC(=O)C1SCN(CS(C)(=O)=O)C1=O. The Bertz CT molecular complexity index is 675. The van der Waals surface area contributed by atoms with Crippen molar-refractivity contribution in [2.75, 3.05) is 23.3 Å². The molecule has 0 aliphatic carbocycles. The van der Waals surface area contributed by atoms with Crippen LogP contribution in [0.25, 0.3) is 0 Å². The molecule has 21 heavy (non-hydrogen) atoms. The largest absolute Gasteiger partial charge is 0.323 e. The predicted octanol–water partition coefficient (Wildman–Crippen LogP) is 0.232. The van der Waals surface area contributed by atoms with E-state index in [9.17, 15) is 18.0 Å². The molecule has 1 fully saturated rings. The van der Waals surface area contributed by atoms with Gasteiger partial charge in [-0.25, -0.2) is 8.42 Å². The fourth-order valence-electron chi connectivity index (χ4n) is 1.83. The highest BCUT2D eigenvalue weighted by atomic mass is 32.2. The molecule has 1 saturated heterocycles. The lowest BCUT2D eigenvalue weighted by molar-refractivity contribution is -0.131. The van der Waals surface area contributed by atoms with Gasteiger partial charge in [-0.05, 0) is 18.6 Å². The van der Waals surface area contributed by atoms with Crippen LogP contribution in [0.15, 0.2) is 18.5 Å². The molecule has 0 saturated carbocycles. The fraction of sp³-hybridized carbons (Fsp3) is 0.417. The minimum absolute atomic E-state index is 0.190. The van der Waals surface area contributed by atoms with Gasteiger partial charge in [0.05, 0.1) is 17.8 Å².